The number of hydrogen-bond donors (Lipinski definition) is 1. The van der Waals surface area contributed by atoms with Crippen molar-refractivity contribution >= 4 is 5.97 Å². The molecule has 0 aromatic rings. The molecule has 0 rings (SSSR count). The van der Waals surface area contributed by atoms with E-state index in [1.54, 1.807) is 0 Å². The maximum atomic E-state index is 10.3. The fourth-order valence-electron chi connectivity index (χ4n) is 0.436. The number of carbonyl (C=O) groups is 1. The minimum atomic E-state index is -0.531. The number of unbranched alkanes of at least 4 members (excludes halogenated alkanes) is 1. The summed E-state index contributed by atoms with van der Waals surface area (Å²) in [6, 6.07) is 0. The molecular formula is C6H13NO3. The van der Waals surface area contributed by atoms with Gasteiger partial charge in [-0.05, 0) is 6.42 Å². The predicted octanol–water partition coefficient (Wildman–Crippen LogP) is 0.220. The highest BCUT2D eigenvalue weighted by Gasteiger charge is 1.98. The van der Waals surface area contributed by atoms with Crippen LogP contribution in [-0.2, 0) is 14.4 Å². The van der Waals surface area contributed by atoms with E-state index in [1.807, 2.05) is 6.92 Å². The quantitative estimate of drug-likeness (QED) is 0.446. The van der Waals surface area contributed by atoms with Gasteiger partial charge in [0, 0.05) is 6.61 Å². The van der Waals surface area contributed by atoms with E-state index in [4.69, 9.17) is 4.74 Å². The van der Waals surface area contributed by atoms with E-state index in [0.717, 1.165) is 12.8 Å². The Morgan fingerprint density at radius 2 is 2.30 bits per heavy atom. The zero-order valence-electron chi connectivity index (χ0n) is 6.13. The lowest BCUT2D eigenvalue weighted by atomic mass is 10.4. The molecule has 2 N–H and O–H groups in total. The summed E-state index contributed by atoms with van der Waals surface area (Å²) in [5, 5.41) is 0. The molecule has 0 fully saturated rings. The second kappa shape index (κ2) is 6.51. The molecule has 0 radical (unpaired) electrons. The number of nitrogens with two attached hydrogens (primary N) is 1. The van der Waals surface area contributed by atoms with E-state index >= 15 is 0 Å². The van der Waals surface area contributed by atoms with Crippen LogP contribution in [0.15, 0.2) is 0 Å². The number of rotatable bonds is 5. The van der Waals surface area contributed by atoms with Crippen molar-refractivity contribution in [3.63, 3.8) is 0 Å². The van der Waals surface area contributed by atoms with E-state index < -0.39 is 5.97 Å². The first-order valence-electron chi connectivity index (χ1n) is 3.28. The second-order valence-corrected chi connectivity index (χ2v) is 1.90. The summed E-state index contributed by atoms with van der Waals surface area (Å²) in [5.74, 6) is 4.03. The Morgan fingerprint density at radius 3 is 2.80 bits per heavy atom. The van der Waals surface area contributed by atoms with Crippen molar-refractivity contribution in [2.75, 3.05) is 13.2 Å². The molecule has 0 bridgehead atoms. The van der Waals surface area contributed by atoms with Gasteiger partial charge in [-0.15, -0.1) is 0 Å². The third kappa shape index (κ3) is 5.53. The molecule has 0 aliphatic heterocycles. The van der Waals surface area contributed by atoms with Gasteiger partial charge < -0.3 is 9.57 Å². The predicted molar refractivity (Wildman–Crippen MR) is 36.0 cm³/mol. The van der Waals surface area contributed by atoms with Gasteiger partial charge in [0.1, 0.15) is 6.61 Å². The molecule has 0 atom stereocenters. The standard InChI is InChI=1S/C6H13NO3/c1-2-3-4-9-5-6(8)10-7/h2-5,7H2,1H3. The van der Waals surface area contributed by atoms with Gasteiger partial charge in [0.05, 0.1) is 0 Å². The van der Waals surface area contributed by atoms with Crippen LogP contribution in [0.2, 0.25) is 0 Å². The molecule has 0 aromatic heterocycles. The minimum Gasteiger partial charge on any atom is -0.372 e. The molecule has 0 unspecified atom stereocenters. The van der Waals surface area contributed by atoms with Crippen molar-refractivity contribution in [3.8, 4) is 0 Å². The Kier molecular flexibility index (Phi) is 6.11. The van der Waals surface area contributed by atoms with E-state index in [2.05, 4.69) is 10.7 Å². The summed E-state index contributed by atoms with van der Waals surface area (Å²) in [4.78, 5) is 14.2. The van der Waals surface area contributed by atoms with Crippen LogP contribution in [-0.4, -0.2) is 19.2 Å². The summed E-state index contributed by atoms with van der Waals surface area (Å²) in [6.07, 6.45) is 2.01. The van der Waals surface area contributed by atoms with E-state index in [-0.39, 0.29) is 6.61 Å². The molecule has 10 heavy (non-hydrogen) atoms. The molecule has 0 spiro atoms. The van der Waals surface area contributed by atoms with Gasteiger partial charge in [-0.1, -0.05) is 13.3 Å². The molecule has 0 amide bonds. The normalized spacial score (nSPS) is 9.40. The van der Waals surface area contributed by atoms with Crippen molar-refractivity contribution < 1.29 is 14.4 Å². The zero-order valence-corrected chi connectivity index (χ0v) is 6.13. The van der Waals surface area contributed by atoms with Crippen LogP contribution in [0.3, 0.4) is 0 Å². The summed E-state index contributed by atoms with van der Waals surface area (Å²) in [6.45, 7) is 2.59. The highest BCUT2D eigenvalue weighted by atomic mass is 16.7. The SMILES string of the molecule is CCCCOCC(=O)ON. The summed E-state index contributed by atoms with van der Waals surface area (Å²) >= 11 is 0. The van der Waals surface area contributed by atoms with Crippen LogP contribution in [0.1, 0.15) is 19.8 Å². The van der Waals surface area contributed by atoms with E-state index in [9.17, 15) is 4.79 Å². The van der Waals surface area contributed by atoms with Crippen LogP contribution < -0.4 is 5.90 Å². The van der Waals surface area contributed by atoms with E-state index in [0.29, 0.717) is 6.61 Å². The lowest BCUT2D eigenvalue weighted by molar-refractivity contribution is -0.149. The third-order valence-electron chi connectivity index (χ3n) is 0.994. The van der Waals surface area contributed by atoms with Gasteiger partial charge in [0.2, 0.25) is 0 Å². The van der Waals surface area contributed by atoms with Crippen molar-refractivity contribution in [1.82, 2.24) is 0 Å². The van der Waals surface area contributed by atoms with Gasteiger partial charge in [0.15, 0.2) is 0 Å². The van der Waals surface area contributed by atoms with E-state index in [1.165, 1.54) is 0 Å². The Morgan fingerprint density at radius 1 is 1.60 bits per heavy atom. The molecule has 60 valence electrons. The average molecular weight is 147 g/mol. The molecule has 0 saturated carbocycles. The van der Waals surface area contributed by atoms with Gasteiger partial charge in [0.25, 0.3) is 0 Å². The fraction of sp³-hybridized carbons (Fsp3) is 0.833. The second-order valence-electron chi connectivity index (χ2n) is 1.90. The number of ether oxygens (including phenoxy) is 1. The fourth-order valence-corrected chi connectivity index (χ4v) is 0.436. The Hall–Kier alpha value is -0.610. The lowest BCUT2D eigenvalue weighted by Crippen LogP contribution is -2.16. The molecule has 0 heterocycles. The van der Waals surface area contributed by atoms with Crippen LogP contribution >= 0.6 is 0 Å². The van der Waals surface area contributed by atoms with Gasteiger partial charge in [-0.3, -0.25) is 0 Å². The van der Waals surface area contributed by atoms with Crippen molar-refractivity contribution in [2.45, 2.75) is 19.8 Å². The Labute approximate surface area is 60.2 Å². The maximum absolute atomic E-state index is 10.3. The highest BCUT2D eigenvalue weighted by molar-refractivity contribution is 5.70. The maximum Gasteiger partial charge on any atom is 0.350 e. The highest BCUT2D eigenvalue weighted by Crippen LogP contribution is 1.87. The lowest BCUT2D eigenvalue weighted by Gasteiger charge is -1.99. The molecule has 0 aromatic carbocycles. The first-order valence-corrected chi connectivity index (χ1v) is 3.28. The minimum absolute atomic E-state index is 0.0451. The topological polar surface area (TPSA) is 61.5 Å². The van der Waals surface area contributed by atoms with Crippen LogP contribution in [0.25, 0.3) is 0 Å². The number of hydrogen-bond acceptors (Lipinski definition) is 4. The smallest absolute Gasteiger partial charge is 0.350 e. The van der Waals surface area contributed by atoms with Crippen LogP contribution in [0.4, 0.5) is 0 Å². The monoisotopic (exact) mass is 147 g/mol. The Balaban J connectivity index is 2.96. The molecule has 0 saturated heterocycles. The van der Waals surface area contributed by atoms with Crippen LogP contribution in [0.5, 0.6) is 0 Å². The zero-order chi connectivity index (χ0) is 7.82. The Bertz CT molecular complexity index is 95.0. The van der Waals surface area contributed by atoms with Gasteiger partial charge >= 0.3 is 5.97 Å². The molecule has 4 heteroatoms. The van der Waals surface area contributed by atoms with Gasteiger partial charge in [-0.25, -0.2) is 4.79 Å². The third-order valence-corrected chi connectivity index (χ3v) is 0.994. The molecular weight excluding hydrogens is 134 g/mol. The van der Waals surface area contributed by atoms with Crippen molar-refractivity contribution in [2.24, 2.45) is 5.90 Å². The molecule has 4 nitrogen and oxygen atoms in total. The van der Waals surface area contributed by atoms with Crippen molar-refractivity contribution in [3.05, 3.63) is 0 Å². The number of carbonyl (C=O) groups excluding carboxylic acids is 1. The largest absolute Gasteiger partial charge is 0.372 e. The molecule has 0 aliphatic carbocycles. The summed E-state index contributed by atoms with van der Waals surface area (Å²) < 4.78 is 4.87. The van der Waals surface area contributed by atoms with Crippen LogP contribution in [0, 0.1) is 0 Å². The first kappa shape index (κ1) is 9.39. The summed E-state index contributed by atoms with van der Waals surface area (Å²) in [7, 11) is 0. The van der Waals surface area contributed by atoms with Crippen molar-refractivity contribution in [1.29, 1.82) is 0 Å². The summed E-state index contributed by atoms with van der Waals surface area (Å²) in [5.41, 5.74) is 0. The average Bonchev–Trinajstić information content (AvgIpc) is 1.98. The first-order chi connectivity index (χ1) is 4.81. The molecule has 0 aliphatic rings. The van der Waals surface area contributed by atoms with Gasteiger partial charge in [-0.2, -0.15) is 5.90 Å².